The second kappa shape index (κ2) is 7.20. The molecule has 16 aliphatic carbocycles. The van der Waals surface area contributed by atoms with Gasteiger partial charge in [0.1, 0.15) is 0 Å². The zero-order valence-corrected chi connectivity index (χ0v) is 29.8. The third-order valence-corrected chi connectivity index (χ3v) is 24.0. The van der Waals surface area contributed by atoms with Crippen molar-refractivity contribution in [1.82, 2.24) is 0 Å². The second-order valence-electron chi connectivity index (χ2n) is 22.7. The normalized spacial score (nSPS) is 70.8. The van der Waals surface area contributed by atoms with Gasteiger partial charge < -0.3 is 4.74 Å². The molecular formula is C48H52O2. The lowest BCUT2D eigenvalue weighted by atomic mass is 9.29. The molecule has 13 fully saturated rings. The van der Waals surface area contributed by atoms with Crippen molar-refractivity contribution in [3.63, 3.8) is 0 Å². The standard InChI is InChI=1S/C48H52O2/c1-17-28-26-15-25-23-13-19-11-18-12-22-24-14-20-16-47(17)46(10-6-9-27(49)50-2,21-7-4-3-5-8-21)48(47)44(28)42-35(26)38-34(25)33(23)37-30(19)36(29(18)22)39-32(24)31(20)45(48)43(42)41(39)40(37)38/h3-5,7-8,16-19,22-26,29-43,45H,6,9-15H2,1-2H3/t17?,18?,19?,22?,23?,24?,25?,26?,29?,30?,31?,32?,33?,34?,35?,36?,37?,38?,39?,40?,41?,42?,43?,45?,46-,47?,48?/m0/s1. The van der Waals surface area contributed by atoms with Gasteiger partial charge in [0.2, 0.25) is 0 Å². The predicted octanol–water partition coefficient (Wildman–Crippen LogP) is 8.44. The van der Waals surface area contributed by atoms with Gasteiger partial charge in [-0.2, -0.15) is 0 Å². The summed E-state index contributed by atoms with van der Waals surface area (Å²) in [6, 6.07) is 12.2. The van der Waals surface area contributed by atoms with Crippen LogP contribution in [0, 0.1) is 153 Å². The average Bonchev–Trinajstić information content (AvgIpc) is 3.68. The van der Waals surface area contributed by atoms with Crippen LogP contribution in [0.3, 0.4) is 0 Å². The van der Waals surface area contributed by atoms with E-state index in [0.29, 0.717) is 17.8 Å². The minimum Gasteiger partial charge on any atom is -0.469 e. The van der Waals surface area contributed by atoms with Crippen LogP contribution in [0.5, 0.6) is 0 Å². The number of esters is 1. The number of ether oxygens (including phenoxy) is 1. The Balaban J connectivity index is 0.989. The fourth-order valence-electron chi connectivity index (χ4n) is 25.1. The molecule has 0 N–H and O–H groups in total. The summed E-state index contributed by atoms with van der Waals surface area (Å²) in [5.74, 6) is 25.2. The maximum absolute atomic E-state index is 12.8. The highest BCUT2D eigenvalue weighted by molar-refractivity contribution is 5.73. The number of hydrogen-bond acceptors (Lipinski definition) is 2. The van der Waals surface area contributed by atoms with E-state index in [-0.39, 0.29) is 16.8 Å². The molecule has 16 aliphatic rings. The zero-order chi connectivity index (χ0) is 31.8. The molecule has 0 bridgehead atoms. The number of benzene rings is 1. The quantitative estimate of drug-likeness (QED) is 0.234. The Labute approximate surface area is 297 Å². The molecule has 256 valence electrons. The van der Waals surface area contributed by atoms with Crippen molar-refractivity contribution in [2.75, 3.05) is 7.11 Å². The van der Waals surface area contributed by atoms with Gasteiger partial charge in [-0.3, -0.25) is 4.79 Å². The highest BCUT2D eigenvalue weighted by atomic mass is 16.5. The molecule has 26 unspecified atom stereocenters. The molecule has 17 rings (SSSR count). The summed E-state index contributed by atoms with van der Waals surface area (Å²) in [5, 5.41) is 0. The number of methoxy groups -OCH3 is 1. The lowest BCUT2D eigenvalue weighted by Gasteiger charge is -2.76. The Hall–Kier alpha value is -1.83. The molecule has 13 saturated carbocycles. The van der Waals surface area contributed by atoms with Crippen LogP contribution >= 0.6 is 0 Å². The summed E-state index contributed by atoms with van der Waals surface area (Å²) in [7, 11) is 1.60. The first-order valence-electron chi connectivity index (χ1n) is 22.2. The zero-order valence-electron chi connectivity index (χ0n) is 29.8. The summed E-state index contributed by atoms with van der Waals surface area (Å²) < 4.78 is 5.30. The predicted molar refractivity (Wildman–Crippen MR) is 186 cm³/mol. The smallest absolute Gasteiger partial charge is 0.305 e. The molecule has 0 heterocycles. The van der Waals surface area contributed by atoms with Crippen LogP contribution in [0.4, 0.5) is 0 Å². The van der Waals surface area contributed by atoms with E-state index in [1.807, 2.05) is 5.57 Å². The molecule has 2 nitrogen and oxygen atoms in total. The van der Waals surface area contributed by atoms with E-state index in [2.05, 4.69) is 54.5 Å². The average molecular weight is 661 g/mol. The first-order valence-corrected chi connectivity index (χ1v) is 22.2. The third-order valence-electron chi connectivity index (χ3n) is 24.0. The van der Waals surface area contributed by atoms with E-state index in [4.69, 9.17) is 4.74 Å². The summed E-state index contributed by atoms with van der Waals surface area (Å²) >= 11 is 0. The lowest BCUT2D eigenvalue weighted by Crippen LogP contribution is -2.71. The molecule has 0 saturated heterocycles. The van der Waals surface area contributed by atoms with E-state index in [1.54, 1.807) is 38.4 Å². The van der Waals surface area contributed by atoms with Crippen molar-refractivity contribution in [1.29, 1.82) is 0 Å². The van der Waals surface area contributed by atoms with Crippen LogP contribution < -0.4 is 0 Å². The van der Waals surface area contributed by atoms with Crippen molar-refractivity contribution in [2.24, 2.45) is 153 Å². The molecule has 50 heavy (non-hydrogen) atoms. The van der Waals surface area contributed by atoms with Gasteiger partial charge in [-0.05, 0) is 193 Å². The molecule has 0 aliphatic heterocycles. The van der Waals surface area contributed by atoms with Crippen molar-refractivity contribution >= 4 is 5.97 Å². The maximum Gasteiger partial charge on any atom is 0.305 e. The van der Waals surface area contributed by atoms with Gasteiger partial charge in [0, 0.05) is 22.7 Å². The third kappa shape index (κ3) is 1.93. The number of rotatable bonds is 5. The van der Waals surface area contributed by atoms with Crippen LogP contribution in [-0.2, 0) is 14.9 Å². The molecule has 2 heteroatoms. The van der Waals surface area contributed by atoms with Crippen LogP contribution in [-0.4, -0.2) is 13.1 Å². The monoisotopic (exact) mass is 660 g/mol. The van der Waals surface area contributed by atoms with Crippen molar-refractivity contribution in [2.45, 2.75) is 63.7 Å². The minimum absolute atomic E-state index is 0.000952. The summed E-state index contributed by atoms with van der Waals surface area (Å²) in [4.78, 5) is 12.8. The van der Waals surface area contributed by atoms with E-state index in [9.17, 15) is 4.79 Å². The van der Waals surface area contributed by atoms with Crippen molar-refractivity contribution in [3.8, 4) is 0 Å². The number of carbonyl (C=O) groups excluding carboxylic acids is 1. The van der Waals surface area contributed by atoms with Crippen LogP contribution in [0.2, 0.25) is 0 Å². The van der Waals surface area contributed by atoms with Crippen molar-refractivity contribution < 1.29 is 9.53 Å². The van der Waals surface area contributed by atoms with Gasteiger partial charge >= 0.3 is 5.97 Å². The van der Waals surface area contributed by atoms with Gasteiger partial charge in [0.25, 0.3) is 0 Å². The summed E-state index contributed by atoms with van der Waals surface area (Å²) in [6.45, 7) is 2.81. The first-order chi connectivity index (χ1) is 24.6. The van der Waals surface area contributed by atoms with Crippen molar-refractivity contribution in [3.05, 3.63) is 58.7 Å². The van der Waals surface area contributed by atoms with Crippen LogP contribution in [0.1, 0.15) is 63.9 Å². The number of hydrogen-bond donors (Lipinski definition) is 0. The topological polar surface area (TPSA) is 26.3 Å². The Morgan fingerprint density at radius 2 is 1.44 bits per heavy atom. The Kier molecular flexibility index (Phi) is 3.75. The molecular weight excluding hydrogens is 609 g/mol. The van der Waals surface area contributed by atoms with Crippen LogP contribution in [0.25, 0.3) is 0 Å². The maximum atomic E-state index is 12.8. The fraction of sp³-hybridized carbons (Fsp3) is 0.771. The SMILES string of the molecule is COC(=O)CCC[C@]1(c2ccccc2)C23C=C4CC5C6CC7CC8CC9C%10CC%11C(=C%12C%13C%11C%11C%10C9C9C8C(C76)C6C5C4C(C%13C6C%119)C%1221)C3C. The van der Waals surface area contributed by atoms with Gasteiger partial charge in [-0.15, -0.1) is 0 Å². The lowest BCUT2D eigenvalue weighted by molar-refractivity contribution is -0.285. The second-order valence-corrected chi connectivity index (χ2v) is 22.7. The highest BCUT2D eigenvalue weighted by Crippen LogP contribution is 3.04. The Bertz CT molecular complexity index is 2010. The van der Waals surface area contributed by atoms with Gasteiger partial charge in [0.15, 0.2) is 0 Å². The minimum atomic E-state index is 0.000952. The largest absolute Gasteiger partial charge is 0.469 e. The molecule has 1 aromatic carbocycles. The van der Waals surface area contributed by atoms with Crippen LogP contribution in [0.15, 0.2) is 53.1 Å². The Morgan fingerprint density at radius 3 is 2.28 bits per heavy atom. The Morgan fingerprint density at radius 1 is 0.740 bits per heavy atom. The number of allylic oxidation sites excluding steroid dienone is 4. The number of fused-ring (bicyclic) bond motifs is 3. The van der Waals surface area contributed by atoms with E-state index < -0.39 is 0 Å². The van der Waals surface area contributed by atoms with E-state index >= 15 is 0 Å². The highest BCUT2D eigenvalue weighted by Gasteiger charge is 3.01. The van der Waals surface area contributed by atoms with Gasteiger partial charge in [0.05, 0.1) is 7.11 Å². The molecule has 1 spiro atoms. The number of carbonyl (C=O) groups is 1. The molecule has 0 aromatic heterocycles. The van der Waals surface area contributed by atoms with E-state index in [0.717, 1.165) is 143 Å². The molecule has 0 amide bonds. The molecule has 1 aromatic rings. The van der Waals surface area contributed by atoms with Gasteiger partial charge in [-0.1, -0.05) is 60.1 Å². The van der Waals surface area contributed by atoms with E-state index in [1.165, 1.54) is 12.8 Å². The fourth-order valence-corrected chi connectivity index (χ4v) is 25.1. The molecule has 27 atom stereocenters. The summed E-state index contributed by atoms with van der Waals surface area (Å²) in [6.07, 6.45) is 14.0. The first kappa shape index (κ1) is 26.0. The summed E-state index contributed by atoms with van der Waals surface area (Å²) in [5.41, 5.74) is 8.74. The molecule has 0 radical (unpaired) electrons. The van der Waals surface area contributed by atoms with Gasteiger partial charge in [-0.25, -0.2) is 0 Å².